The lowest BCUT2D eigenvalue weighted by Crippen LogP contribution is -2.18. The van der Waals surface area contributed by atoms with Crippen molar-refractivity contribution in [2.24, 2.45) is 7.05 Å². The van der Waals surface area contributed by atoms with Crippen LogP contribution in [0.4, 0.5) is 8.78 Å². The quantitative estimate of drug-likeness (QED) is 0.625. The van der Waals surface area contributed by atoms with Crippen molar-refractivity contribution < 1.29 is 18.1 Å². The highest BCUT2D eigenvalue weighted by molar-refractivity contribution is 8.28. The second kappa shape index (κ2) is 8.00. The molecule has 0 fully saturated rings. The molecule has 0 aliphatic carbocycles. The summed E-state index contributed by atoms with van der Waals surface area (Å²) in [6.45, 7) is 1.66. The van der Waals surface area contributed by atoms with Crippen LogP contribution < -0.4 is 10.3 Å². The molecule has 0 unspecified atom stereocenters. The van der Waals surface area contributed by atoms with Crippen molar-refractivity contribution in [3.8, 4) is 16.9 Å². The number of halogens is 2. The van der Waals surface area contributed by atoms with Crippen molar-refractivity contribution in [3.63, 3.8) is 0 Å². The maximum absolute atomic E-state index is 13.9. The zero-order chi connectivity index (χ0) is 21.3. The minimum Gasteiger partial charge on any atom is -0.489 e. The van der Waals surface area contributed by atoms with Crippen LogP contribution in [0.1, 0.15) is 11.1 Å². The minimum absolute atomic E-state index is 0.0809. The molecule has 0 saturated heterocycles. The van der Waals surface area contributed by atoms with Gasteiger partial charge in [0.15, 0.2) is 0 Å². The summed E-state index contributed by atoms with van der Waals surface area (Å²) >= 11 is 0. The number of hydrogen-bond donors (Lipinski definition) is 1. The third-order valence-electron chi connectivity index (χ3n) is 4.56. The molecule has 3 aromatic rings. The first-order valence-electron chi connectivity index (χ1n) is 8.90. The zero-order valence-electron chi connectivity index (χ0n) is 16.7. The molecule has 0 atom stereocenters. The molecule has 29 heavy (non-hydrogen) atoms. The molecule has 0 amide bonds. The van der Waals surface area contributed by atoms with Crippen LogP contribution in [0.5, 0.6) is 5.75 Å². The largest absolute Gasteiger partial charge is 0.489 e. The average Bonchev–Trinajstić information content (AvgIpc) is 2.64. The van der Waals surface area contributed by atoms with Gasteiger partial charge >= 0.3 is 0 Å². The second-order valence-corrected chi connectivity index (χ2v) is 10.3. The molecular formula is C22H23F2NO3S. The van der Waals surface area contributed by atoms with Crippen LogP contribution in [0.3, 0.4) is 0 Å². The van der Waals surface area contributed by atoms with Gasteiger partial charge < -0.3 is 13.9 Å². The lowest BCUT2D eigenvalue weighted by Gasteiger charge is -2.25. The summed E-state index contributed by atoms with van der Waals surface area (Å²) in [5.74, 6) is -0.878. The lowest BCUT2D eigenvalue weighted by atomic mass is 10.1. The fraction of sp³-hybridized carbons (Fsp3) is 0.227. The van der Waals surface area contributed by atoms with Gasteiger partial charge in [-0.05, 0) is 67.0 Å². The van der Waals surface area contributed by atoms with Crippen molar-refractivity contribution in [3.05, 3.63) is 81.8 Å². The summed E-state index contributed by atoms with van der Waals surface area (Å²) < 4.78 is 44.8. The molecule has 2 aromatic carbocycles. The minimum atomic E-state index is -2.05. The van der Waals surface area contributed by atoms with Crippen molar-refractivity contribution in [2.45, 2.75) is 18.4 Å². The first-order chi connectivity index (χ1) is 13.5. The number of aryl methyl sites for hydroxylation is 2. The van der Waals surface area contributed by atoms with E-state index in [0.717, 1.165) is 17.2 Å². The van der Waals surface area contributed by atoms with Crippen molar-refractivity contribution in [1.82, 2.24) is 4.57 Å². The summed E-state index contributed by atoms with van der Waals surface area (Å²) in [7, 11) is -0.374. The number of benzene rings is 2. The first-order valence-corrected chi connectivity index (χ1v) is 11.3. The van der Waals surface area contributed by atoms with E-state index in [1.165, 1.54) is 16.7 Å². The number of aromatic nitrogens is 1. The third-order valence-corrected chi connectivity index (χ3v) is 5.95. The summed E-state index contributed by atoms with van der Waals surface area (Å²) in [4.78, 5) is 12.7. The Morgan fingerprint density at radius 2 is 1.79 bits per heavy atom. The molecule has 1 aromatic heterocycles. The third kappa shape index (κ3) is 4.86. The van der Waals surface area contributed by atoms with Crippen LogP contribution >= 0.6 is 10.3 Å². The van der Waals surface area contributed by atoms with Gasteiger partial charge in [-0.2, -0.15) is 0 Å². The first kappa shape index (κ1) is 21.1. The highest BCUT2D eigenvalue weighted by atomic mass is 32.3. The molecule has 4 nitrogen and oxygen atoms in total. The molecule has 0 radical (unpaired) electrons. The lowest BCUT2D eigenvalue weighted by molar-refractivity contribution is 0.299. The number of rotatable bonds is 5. The molecule has 0 spiro atoms. The van der Waals surface area contributed by atoms with Gasteiger partial charge in [-0.25, -0.2) is 8.78 Å². The highest BCUT2D eigenvalue weighted by Gasteiger charge is 2.15. The fourth-order valence-electron chi connectivity index (χ4n) is 2.95. The molecular weight excluding hydrogens is 396 g/mol. The number of hydrogen-bond acceptors (Lipinski definition) is 3. The average molecular weight is 419 g/mol. The molecule has 1 N–H and O–H groups in total. The van der Waals surface area contributed by atoms with Crippen LogP contribution in [0.15, 0.2) is 58.4 Å². The fourth-order valence-corrected chi connectivity index (χ4v) is 3.77. The number of nitrogens with zero attached hydrogens (tertiary/aromatic N) is 1. The maximum atomic E-state index is 13.9. The smallest absolute Gasteiger partial charge is 0.253 e. The SMILES string of the molecule is Cc1cc(-c2cc(OCc3ccc(F)cc3F)cc(S(C)(C)O)c2)cn(C)c1=O. The monoisotopic (exact) mass is 419 g/mol. The Morgan fingerprint density at radius 1 is 1.07 bits per heavy atom. The van der Waals surface area contributed by atoms with Crippen LogP contribution in [0.2, 0.25) is 0 Å². The molecule has 0 saturated carbocycles. The Bertz CT molecular complexity index is 1090. The Morgan fingerprint density at radius 3 is 2.41 bits per heavy atom. The molecule has 154 valence electrons. The van der Waals surface area contributed by atoms with Gasteiger partial charge in [0.25, 0.3) is 5.56 Å². The van der Waals surface area contributed by atoms with Crippen LogP contribution in [-0.2, 0) is 13.7 Å². The standard InChI is InChI=1S/C22H23F2NO3S/c1-14-7-17(12-25(2)22(14)26)16-8-19(11-20(9-16)29(3,4)27)28-13-15-5-6-18(23)10-21(15)24/h5-12,27H,13H2,1-4H3. The van der Waals surface area contributed by atoms with E-state index in [1.807, 2.05) is 6.07 Å². The molecule has 1 heterocycles. The van der Waals surface area contributed by atoms with Crippen molar-refractivity contribution in [1.29, 1.82) is 0 Å². The second-order valence-electron chi connectivity index (χ2n) is 7.32. The van der Waals surface area contributed by atoms with Gasteiger partial charge in [0.2, 0.25) is 0 Å². The van der Waals surface area contributed by atoms with Crippen LogP contribution in [-0.4, -0.2) is 21.6 Å². The Hall–Kier alpha value is -2.64. The summed E-state index contributed by atoms with van der Waals surface area (Å²) in [6.07, 6.45) is 5.20. The van der Waals surface area contributed by atoms with E-state index in [0.29, 0.717) is 16.2 Å². The summed E-state index contributed by atoms with van der Waals surface area (Å²) in [6, 6.07) is 10.5. The predicted molar refractivity (Wildman–Crippen MR) is 113 cm³/mol. The van der Waals surface area contributed by atoms with Crippen molar-refractivity contribution >= 4 is 10.3 Å². The van der Waals surface area contributed by atoms with Crippen molar-refractivity contribution in [2.75, 3.05) is 12.5 Å². The van der Waals surface area contributed by atoms with E-state index in [-0.39, 0.29) is 17.7 Å². The van der Waals surface area contributed by atoms with Gasteiger partial charge in [0.05, 0.1) is 0 Å². The summed E-state index contributed by atoms with van der Waals surface area (Å²) in [5.41, 5.74) is 2.31. The van der Waals surface area contributed by atoms with Crippen LogP contribution in [0.25, 0.3) is 11.1 Å². The van der Waals surface area contributed by atoms with E-state index in [1.54, 1.807) is 50.9 Å². The van der Waals surface area contributed by atoms with Gasteiger partial charge in [0, 0.05) is 35.3 Å². The molecule has 7 heteroatoms. The van der Waals surface area contributed by atoms with Gasteiger partial charge in [-0.15, -0.1) is 10.3 Å². The Balaban J connectivity index is 2.01. The topological polar surface area (TPSA) is 51.5 Å². The van der Waals surface area contributed by atoms with E-state index in [9.17, 15) is 18.1 Å². The van der Waals surface area contributed by atoms with Gasteiger partial charge in [-0.1, -0.05) is 0 Å². The number of pyridine rings is 1. The molecule has 3 rings (SSSR count). The van der Waals surface area contributed by atoms with E-state index >= 15 is 0 Å². The van der Waals surface area contributed by atoms with Crippen LogP contribution in [0, 0.1) is 18.6 Å². The Kier molecular flexibility index (Phi) is 5.82. The molecule has 0 bridgehead atoms. The van der Waals surface area contributed by atoms with E-state index < -0.39 is 21.9 Å². The van der Waals surface area contributed by atoms with E-state index in [2.05, 4.69) is 0 Å². The summed E-state index contributed by atoms with van der Waals surface area (Å²) in [5, 5.41) is 0. The molecule has 0 aliphatic rings. The highest BCUT2D eigenvalue weighted by Crippen LogP contribution is 2.47. The maximum Gasteiger partial charge on any atom is 0.253 e. The number of ether oxygens (including phenoxy) is 1. The zero-order valence-corrected chi connectivity index (χ0v) is 17.5. The Labute approximate surface area is 169 Å². The van der Waals surface area contributed by atoms with Gasteiger partial charge in [-0.3, -0.25) is 4.79 Å². The molecule has 0 aliphatic heterocycles. The normalized spacial score (nSPS) is 12.1. The predicted octanol–water partition coefficient (Wildman–Crippen LogP) is 5.11. The van der Waals surface area contributed by atoms with Gasteiger partial charge in [0.1, 0.15) is 24.0 Å². The van der Waals surface area contributed by atoms with E-state index in [4.69, 9.17) is 4.74 Å².